The van der Waals surface area contributed by atoms with Crippen LogP contribution in [-0.2, 0) is 14.8 Å². The lowest BCUT2D eigenvalue weighted by atomic mass is 9.98. The van der Waals surface area contributed by atoms with Gasteiger partial charge < -0.3 is 10.1 Å². The second kappa shape index (κ2) is 11.2. The van der Waals surface area contributed by atoms with Gasteiger partial charge in [0, 0.05) is 13.0 Å². The van der Waals surface area contributed by atoms with E-state index in [0.29, 0.717) is 19.6 Å². The van der Waals surface area contributed by atoms with E-state index in [-0.39, 0.29) is 24.8 Å². The third-order valence-corrected chi connectivity index (χ3v) is 6.15. The van der Waals surface area contributed by atoms with Crippen LogP contribution in [0.15, 0.2) is 42.5 Å². The van der Waals surface area contributed by atoms with Crippen LogP contribution in [0.5, 0.6) is 5.75 Å². The van der Waals surface area contributed by atoms with Gasteiger partial charge >= 0.3 is 0 Å². The molecule has 0 saturated heterocycles. The predicted molar refractivity (Wildman–Crippen MR) is 126 cm³/mol. The van der Waals surface area contributed by atoms with Crippen LogP contribution >= 0.6 is 0 Å². The van der Waals surface area contributed by atoms with Gasteiger partial charge in [0.25, 0.3) is 0 Å². The summed E-state index contributed by atoms with van der Waals surface area (Å²) in [6.45, 7) is 9.05. The molecule has 0 spiro atoms. The highest BCUT2D eigenvalue weighted by atomic mass is 32.2. The molecule has 0 aliphatic heterocycles. The molecule has 0 aliphatic carbocycles. The molecular weight excluding hydrogens is 412 g/mol. The lowest BCUT2D eigenvalue weighted by Gasteiger charge is -2.28. The smallest absolute Gasteiger partial charge is 0.232 e. The molecule has 7 heteroatoms. The van der Waals surface area contributed by atoms with Crippen molar-refractivity contribution >= 4 is 21.6 Å². The first-order valence-corrected chi connectivity index (χ1v) is 12.5. The normalized spacial score (nSPS) is 11.4. The molecule has 0 unspecified atom stereocenters. The van der Waals surface area contributed by atoms with Crippen molar-refractivity contribution in [2.24, 2.45) is 0 Å². The summed E-state index contributed by atoms with van der Waals surface area (Å²) in [4.78, 5) is 12.2. The molecule has 6 nitrogen and oxygen atoms in total. The first-order chi connectivity index (χ1) is 14.6. The van der Waals surface area contributed by atoms with Crippen LogP contribution in [0.25, 0.3) is 0 Å². The summed E-state index contributed by atoms with van der Waals surface area (Å²) in [5.74, 6) is 0.850. The number of rotatable bonds is 11. The fourth-order valence-corrected chi connectivity index (χ4v) is 4.51. The summed E-state index contributed by atoms with van der Waals surface area (Å²) in [6.07, 6.45) is 1.90. The van der Waals surface area contributed by atoms with Crippen molar-refractivity contribution in [3.8, 4) is 5.75 Å². The lowest BCUT2D eigenvalue weighted by molar-refractivity contribution is -0.121. The zero-order valence-electron chi connectivity index (χ0n) is 19.1. The summed E-state index contributed by atoms with van der Waals surface area (Å²) in [5, 5.41) is 2.83. The third-order valence-electron chi connectivity index (χ3n) is 4.99. The Labute approximate surface area is 186 Å². The Kier molecular flexibility index (Phi) is 8.92. The van der Waals surface area contributed by atoms with Crippen LogP contribution < -0.4 is 14.4 Å². The molecule has 1 amide bonds. The van der Waals surface area contributed by atoms with Crippen molar-refractivity contribution in [1.82, 2.24) is 5.32 Å². The Morgan fingerprint density at radius 3 is 2.48 bits per heavy atom. The lowest BCUT2D eigenvalue weighted by Crippen LogP contribution is -2.34. The number of carbonyl (C=O) groups excluding carboxylic acids is 1. The molecule has 0 radical (unpaired) electrons. The van der Waals surface area contributed by atoms with Crippen LogP contribution in [0.1, 0.15) is 49.3 Å². The summed E-state index contributed by atoms with van der Waals surface area (Å²) < 4.78 is 32.1. The molecule has 0 bridgehead atoms. The number of hydrogen-bond acceptors (Lipinski definition) is 4. The number of carbonyl (C=O) groups is 1. The van der Waals surface area contributed by atoms with Gasteiger partial charge in [0.15, 0.2) is 0 Å². The highest BCUT2D eigenvalue weighted by Gasteiger charge is 2.23. The highest BCUT2D eigenvalue weighted by molar-refractivity contribution is 7.92. The maximum Gasteiger partial charge on any atom is 0.232 e. The van der Waals surface area contributed by atoms with E-state index in [4.69, 9.17) is 4.74 Å². The van der Waals surface area contributed by atoms with Gasteiger partial charge in [-0.05, 0) is 55.0 Å². The van der Waals surface area contributed by atoms with Crippen LogP contribution in [-0.4, -0.2) is 40.3 Å². The van der Waals surface area contributed by atoms with E-state index in [1.807, 2.05) is 70.2 Å². The summed E-state index contributed by atoms with van der Waals surface area (Å²) >= 11 is 0. The molecule has 31 heavy (non-hydrogen) atoms. The number of benzene rings is 2. The van der Waals surface area contributed by atoms with Crippen LogP contribution in [0.2, 0.25) is 0 Å². The van der Waals surface area contributed by atoms with E-state index >= 15 is 0 Å². The molecular formula is C24H34N2O4S. The van der Waals surface area contributed by atoms with Gasteiger partial charge in [-0.3, -0.25) is 9.10 Å². The van der Waals surface area contributed by atoms with E-state index in [9.17, 15) is 13.2 Å². The van der Waals surface area contributed by atoms with E-state index in [0.717, 1.165) is 28.1 Å². The number of sulfonamides is 1. The second-order valence-corrected chi connectivity index (χ2v) is 10.0. The Balaban J connectivity index is 1.89. The largest absolute Gasteiger partial charge is 0.492 e. The average Bonchev–Trinajstić information content (AvgIpc) is 2.68. The highest BCUT2D eigenvalue weighted by Crippen LogP contribution is 2.32. The van der Waals surface area contributed by atoms with Crippen LogP contribution in [0, 0.1) is 13.8 Å². The maximum absolute atomic E-state index is 12.5. The number of nitrogens with one attached hydrogen (secondary N) is 1. The van der Waals surface area contributed by atoms with Crippen molar-refractivity contribution < 1.29 is 17.9 Å². The SMILES string of the molecule is Cc1cccc(OCCNC(=O)CCCN(c2c(C)cccc2C(C)C)S(C)(=O)=O)c1. The molecule has 0 aromatic heterocycles. The third kappa shape index (κ3) is 7.58. The Bertz CT molecular complexity index is 987. The van der Waals surface area contributed by atoms with E-state index in [2.05, 4.69) is 5.32 Å². The van der Waals surface area contributed by atoms with E-state index in [1.165, 1.54) is 10.6 Å². The van der Waals surface area contributed by atoms with Gasteiger partial charge in [-0.2, -0.15) is 0 Å². The average molecular weight is 447 g/mol. The molecule has 1 N–H and O–H groups in total. The second-order valence-electron chi connectivity index (χ2n) is 8.12. The quantitative estimate of drug-likeness (QED) is 0.526. The number of ether oxygens (including phenoxy) is 1. The van der Waals surface area contributed by atoms with Gasteiger partial charge in [0.2, 0.25) is 15.9 Å². The van der Waals surface area contributed by atoms with E-state index in [1.54, 1.807) is 0 Å². The molecule has 2 rings (SSSR count). The van der Waals surface area contributed by atoms with Crippen LogP contribution in [0.3, 0.4) is 0 Å². The predicted octanol–water partition coefficient (Wildman–Crippen LogP) is 4.17. The van der Waals surface area contributed by atoms with Crippen molar-refractivity contribution in [2.45, 2.75) is 46.5 Å². The van der Waals surface area contributed by atoms with Crippen molar-refractivity contribution in [1.29, 1.82) is 0 Å². The summed E-state index contributed by atoms with van der Waals surface area (Å²) in [5.41, 5.74) is 3.75. The van der Waals surface area contributed by atoms with E-state index < -0.39 is 10.0 Å². The first kappa shape index (κ1) is 24.7. The number of aryl methyl sites for hydroxylation is 2. The monoisotopic (exact) mass is 446 g/mol. The van der Waals surface area contributed by atoms with Gasteiger partial charge in [-0.15, -0.1) is 0 Å². The zero-order valence-corrected chi connectivity index (χ0v) is 20.0. The standard InChI is InChI=1S/C24H34N2O4S/c1-18(2)22-12-7-10-20(4)24(22)26(31(5,28)29)15-8-13-23(27)25-14-16-30-21-11-6-9-19(3)17-21/h6-7,9-12,17-18H,8,13-16H2,1-5H3,(H,25,27). The van der Waals surface area contributed by atoms with Crippen molar-refractivity contribution in [2.75, 3.05) is 30.3 Å². The van der Waals surface area contributed by atoms with Gasteiger partial charge in [-0.25, -0.2) is 8.42 Å². The summed E-state index contributed by atoms with van der Waals surface area (Å²) in [6, 6.07) is 13.6. The van der Waals surface area contributed by atoms with Crippen molar-refractivity contribution in [3.05, 3.63) is 59.2 Å². The topological polar surface area (TPSA) is 75.7 Å². The van der Waals surface area contributed by atoms with Gasteiger partial charge in [0.05, 0.1) is 18.5 Å². The first-order valence-electron chi connectivity index (χ1n) is 10.6. The number of para-hydroxylation sites is 1. The number of amides is 1. The number of nitrogens with zero attached hydrogens (tertiary/aromatic N) is 1. The Hall–Kier alpha value is -2.54. The van der Waals surface area contributed by atoms with Crippen molar-refractivity contribution in [3.63, 3.8) is 0 Å². The number of anilines is 1. The summed E-state index contributed by atoms with van der Waals surface area (Å²) in [7, 11) is -3.47. The maximum atomic E-state index is 12.5. The molecule has 0 saturated carbocycles. The molecule has 2 aromatic carbocycles. The molecule has 170 valence electrons. The van der Waals surface area contributed by atoms with Gasteiger partial charge in [0.1, 0.15) is 12.4 Å². The molecule has 0 aliphatic rings. The molecule has 2 aromatic rings. The minimum atomic E-state index is -3.47. The molecule has 0 heterocycles. The fourth-order valence-electron chi connectivity index (χ4n) is 3.47. The minimum absolute atomic E-state index is 0.116. The Morgan fingerprint density at radius 2 is 1.84 bits per heavy atom. The molecule has 0 atom stereocenters. The molecule has 0 fully saturated rings. The van der Waals surface area contributed by atoms with Crippen LogP contribution in [0.4, 0.5) is 5.69 Å². The minimum Gasteiger partial charge on any atom is -0.492 e. The fraction of sp³-hybridized carbons (Fsp3) is 0.458. The Morgan fingerprint density at radius 1 is 1.13 bits per heavy atom. The number of hydrogen-bond donors (Lipinski definition) is 1. The zero-order chi connectivity index (χ0) is 23.0. The van der Waals surface area contributed by atoms with Gasteiger partial charge in [-0.1, -0.05) is 44.2 Å².